The molecule has 0 radical (unpaired) electrons. The predicted molar refractivity (Wildman–Crippen MR) is 103 cm³/mol. The molecule has 0 atom stereocenters. The molecule has 0 saturated carbocycles. The molecular formula is C22H17FN2O2. The molecule has 0 aliphatic carbocycles. The van der Waals surface area contributed by atoms with Gasteiger partial charge in [-0.2, -0.15) is 0 Å². The number of hydrogen-bond donors (Lipinski definition) is 1. The van der Waals surface area contributed by atoms with Gasteiger partial charge >= 0.3 is 0 Å². The van der Waals surface area contributed by atoms with Crippen LogP contribution in [0.2, 0.25) is 0 Å². The van der Waals surface area contributed by atoms with Crippen molar-refractivity contribution < 1.29 is 13.6 Å². The Balaban J connectivity index is 1.42. The molecule has 0 spiro atoms. The monoisotopic (exact) mass is 360 g/mol. The van der Waals surface area contributed by atoms with Gasteiger partial charge in [-0.05, 0) is 23.6 Å². The minimum absolute atomic E-state index is 0.128. The summed E-state index contributed by atoms with van der Waals surface area (Å²) in [5, 5.41) is 4.99. The Morgan fingerprint density at radius 3 is 2.67 bits per heavy atom. The van der Waals surface area contributed by atoms with Gasteiger partial charge in [0.25, 0.3) is 0 Å². The maximum atomic E-state index is 13.8. The molecule has 0 aliphatic heterocycles. The number of fused-ring (bicyclic) bond motifs is 1. The minimum Gasteiger partial charge on any atom is -0.441 e. The summed E-state index contributed by atoms with van der Waals surface area (Å²) in [6.45, 7) is 0. The summed E-state index contributed by atoms with van der Waals surface area (Å²) in [7, 11) is 0. The Morgan fingerprint density at radius 2 is 1.78 bits per heavy atom. The number of carbonyl (C=O) groups excluding carboxylic acids is 1. The third kappa shape index (κ3) is 3.72. The van der Waals surface area contributed by atoms with E-state index in [2.05, 4.69) is 10.3 Å². The predicted octanol–water partition coefficient (Wildman–Crippen LogP) is 5.21. The third-order valence-electron chi connectivity index (χ3n) is 4.32. The van der Waals surface area contributed by atoms with Gasteiger partial charge in [0, 0.05) is 23.9 Å². The van der Waals surface area contributed by atoms with Crippen molar-refractivity contribution in [3.63, 3.8) is 0 Å². The number of aromatic nitrogens is 1. The molecule has 1 heterocycles. The van der Waals surface area contributed by atoms with Crippen LogP contribution in [0.3, 0.4) is 0 Å². The summed E-state index contributed by atoms with van der Waals surface area (Å²) >= 11 is 0. The Bertz CT molecular complexity index is 1100. The number of aryl methyl sites for hydroxylation is 1. The molecule has 0 aliphatic rings. The van der Waals surface area contributed by atoms with E-state index in [9.17, 15) is 9.18 Å². The number of nitrogens with zero attached hydrogens (tertiary/aromatic N) is 1. The molecule has 1 amide bonds. The van der Waals surface area contributed by atoms with Crippen LogP contribution < -0.4 is 5.32 Å². The van der Waals surface area contributed by atoms with Crippen molar-refractivity contribution in [2.75, 3.05) is 5.32 Å². The summed E-state index contributed by atoms with van der Waals surface area (Å²) in [6, 6.07) is 20.0. The van der Waals surface area contributed by atoms with Crippen LogP contribution in [-0.2, 0) is 11.2 Å². The number of anilines is 1. The molecule has 27 heavy (non-hydrogen) atoms. The summed E-state index contributed by atoms with van der Waals surface area (Å²) in [5.41, 5.74) is 1.13. The smallest absolute Gasteiger partial charge is 0.224 e. The van der Waals surface area contributed by atoms with E-state index in [0.717, 1.165) is 16.5 Å². The number of benzene rings is 3. The van der Waals surface area contributed by atoms with Crippen LogP contribution in [0.1, 0.15) is 12.3 Å². The zero-order valence-electron chi connectivity index (χ0n) is 14.5. The second-order valence-electron chi connectivity index (χ2n) is 6.17. The van der Waals surface area contributed by atoms with Gasteiger partial charge in [-0.15, -0.1) is 0 Å². The third-order valence-corrected chi connectivity index (χ3v) is 4.32. The molecule has 4 aromatic rings. The number of oxazole rings is 1. The Kier molecular flexibility index (Phi) is 4.66. The fraction of sp³-hybridized carbons (Fsp3) is 0.0909. The van der Waals surface area contributed by atoms with Crippen molar-refractivity contribution in [2.45, 2.75) is 12.8 Å². The van der Waals surface area contributed by atoms with E-state index < -0.39 is 0 Å². The first-order valence-electron chi connectivity index (χ1n) is 8.68. The number of amides is 1. The van der Waals surface area contributed by atoms with Crippen molar-refractivity contribution in [3.05, 3.63) is 84.6 Å². The number of nitrogens with one attached hydrogen (secondary N) is 1. The summed E-state index contributed by atoms with van der Waals surface area (Å²) in [5.74, 6) is 0.268. The van der Waals surface area contributed by atoms with Crippen LogP contribution in [0.4, 0.5) is 10.1 Å². The molecule has 3 aromatic carbocycles. The van der Waals surface area contributed by atoms with Gasteiger partial charge in [-0.1, -0.05) is 48.5 Å². The first-order valence-corrected chi connectivity index (χ1v) is 8.68. The van der Waals surface area contributed by atoms with Crippen LogP contribution in [0, 0.1) is 5.82 Å². The normalized spacial score (nSPS) is 10.9. The van der Waals surface area contributed by atoms with Crippen LogP contribution in [0.25, 0.3) is 22.1 Å². The summed E-state index contributed by atoms with van der Waals surface area (Å²) < 4.78 is 19.4. The highest BCUT2D eigenvalue weighted by molar-refractivity contribution is 6.02. The average Bonchev–Trinajstić information content (AvgIpc) is 3.16. The van der Waals surface area contributed by atoms with Gasteiger partial charge in [0.05, 0.1) is 11.8 Å². The summed E-state index contributed by atoms with van der Waals surface area (Å²) in [4.78, 5) is 16.5. The Morgan fingerprint density at radius 1 is 1.00 bits per heavy atom. The van der Waals surface area contributed by atoms with Crippen LogP contribution in [0.15, 0.2) is 77.3 Å². The first kappa shape index (κ1) is 17.0. The average molecular weight is 360 g/mol. The van der Waals surface area contributed by atoms with E-state index in [1.165, 1.54) is 12.3 Å². The lowest BCUT2D eigenvalue weighted by Gasteiger charge is -2.08. The van der Waals surface area contributed by atoms with Gasteiger partial charge < -0.3 is 9.73 Å². The molecule has 5 heteroatoms. The van der Waals surface area contributed by atoms with E-state index in [1.807, 2.05) is 42.5 Å². The fourth-order valence-electron chi connectivity index (χ4n) is 2.98. The van der Waals surface area contributed by atoms with E-state index >= 15 is 0 Å². The number of carbonyl (C=O) groups is 1. The fourth-order valence-corrected chi connectivity index (χ4v) is 2.98. The lowest BCUT2D eigenvalue weighted by Crippen LogP contribution is -2.12. The van der Waals surface area contributed by atoms with Crippen LogP contribution in [0.5, 0.6) is 0 Å². The largest absolute Gasteiger partial charge is 0.441 e. The van der Waals surface area contributed by atoms with Crippen LogP contribution >= 0.6 is 0 Å². The maximum absolute atomic E-state index is 13.8. The zero-order chi connectivity index (χ0) is 18.6. The molecular weight excluding hydrogens is 343 g/mol. The highest BCUT2D eigenvalue weighted by Crippen LogP contribution is 2.25. The minimum atomic E-state index is -0.367. The summed E-state index contributed by atoms with van der Waals surface area (Å²) in [6.07, 6.45) is 2.04. The maximum Gasteiger partial charge on any atom is 0.224 e. The Labute approximate surface area is 155 Å². The van der Waals surface area contributed by atoms with Gasteiger partial charge in [-0.25, -0.2) is 9.37 Å². The first-order chi connectivity index (χ1) is 13.2. The molecule has 0 unspecified atom stereocenters. The molecule has 1 N–H and O–H groups in total. The Hall–Kier alpha value is -3.47. The van der Waals surface area contributed by atoms with Crippen LogP contribution in [-0.4, -0.2) is 10.9 Å². The second-order valence-corrected chi connectivity index (χ2v) is 6.17. The molecule has 0 bridgehead atoms. The van der Waals surface area contributed by atoms with E-state index in [0.29, 0.717) is 23.6 Å². The number of hydrogen-bond acceptors (Lipinski definition) is 3. The van der Waals surface area contributed by atoms with Crippen molar-refractivity contribution in [1.29, 1.82) is 0 Å². The molecule has 4 rings (SSSR count). The molecule has 134 valence electrons. The highest BCUT2D eigenvalue weighted by Gasteiger charge is 2.12. The van der Waals surface area contributed by atoms with E-state index in [-0.39, 0.29) is 18.1 Å². The molecule has 0 fully saturated rings. The van der Waals surface area contributed by atoms with Crippen molar-refractivity contribution in [3.8, 4) is 11.3 Å². The molecule has 1 aromatic heterocycles. The number of halogens is 1. The SMILES string of the molecule is O=C(CCc1ncc(-c2ccccc2F)o1)Nc1cccc2ccccc12. The number of rotatable bonds is 5. The quantitative estimate of drug-likeness (QED) is 0.532. The van der Waals surface area contributed by atoms with Gasteiger partial charge in [0.1, 0.15) is 5.82 Å². The van der Waals surface area contributed by atoms with E-state index in [1.54, 1.807) is 18.2 Å². The van der Waals surface area contributed by atoms with Gasteiger partial charge in [0.2, 0.25) is 5.91 Å². The van der Waals surface area contributed by atoms with E-state index in [4.69, 9.17) is 4.42 Å². The van der Waals surface area contributed by atoms with Crippen molar-refractivity contribution in [1.82, 2.24) is 4.98 Å². The van der Waals surface area contributed by atoms with Crippen molar-refractivity contribution in [2.24, 2.45) is 0 Å². The second kappa shape index (κ2) is 7.41. The topological polar surface area (TPSA) is 55.1 Å². The highest BCUT2D eigenvalue weighted by atomic mass is 19.1. The standard InChI is InChI=1S/C22H17FN2O2/c23-18-10-4-3-9-17(18)20-14-24-22(27-20)13-12-21(26)25-19-11-5-7-15-6-1-2-8-16(15)19/h1-11,14H,12-13H2,(H,25,26). The van der Waals surface area contributed by atoms with Crippen molar-refractivity contribution >= 4 is 22.4 Å². The lowest BCUT2D eigenvalue weighted by atomic mass is 10.1. The van der Waals surface area contributed by atoms with Gasteiger partial charge in [-0.3, -0.25) is 4.79 Å². The van der Waals surface area contributed by atoms with Gasteiger partial charge in [0.15, 0.2) is 11.7 Å². The molecule has 0 saturated heterocycles. The zero-order valence-corrected chi connectivity index (χ0v) is 14.5. The lowest BCUT2D eigenvalue weighted by molar-refractivity contribution is -0.116. The molecule has 4 nitrogen and oxygen atoms in total.